The summed E-state index contributed by atoms with van der Waals surface area (Å²) in [6.07, 6.45) is 2.83. The minimum Gasteiger partial charge on any atom is -0.319 e. The summed E-state index contributed by atoms with van der Waals surface area (Å²) in [4.78, 5) is 2.54. The standard InChI is InChI=1S/C17H28N2/c1-14(15-10-11-15)19(4)13-17(2,12-18-3)16-8-6-5-7-9-16/h5-9,14-15,18H,10-13H2,1-4H3. The molecule has 2 nitrogen and oxygen atoms in total. The number of rotatable bonds is 7. The van der Waals surface area contributed by atoms with E-state index in [1.165, 1.54) is 18.4 Å². The lowest BCUT2D eigenvalue weighted by molar-refractivity contribution is 0.185. The van der Waals surface area contributed by atoms with Crippen LogP contribution in [0.1, 0.15) is 32.3 Å². The summed E-state index contributed by atoms with van der Waals surface area (Å²) in [6.45, 7) is 6.87. The molecular formula is C17H28N2. The molecule has 1 fully saturated rings. The Bertz CT molecular complexity index is 386. The molecule has 106 valence electrons. The van der Waals surface area contributed by atoms with E-state index in [0.717, 1.165) is 19.0 Å². The minimum atomic E-state index is 0.175. The molecule has 0 radical (unpaired) electrons. The maximum Gasteiger partial charge on any atom is 0.0176 e. The molecule has 0 bridgehead atoms. The highest BCUT2D eigenvalue weighted by atomic mass is 15.1. The van der Waals surface area contributed by atoms with Gasteiger partial charge in [0.1, 0.15) is 0 Å². The summed E-state index contributed by atoms with van der Waals surface area (Å²) in [5.74, 6) is 0.930. The Balaban J connectivity index is 2.10. The zero-order chi connectivity index (χ0) is 13.9. The minimum absolute atomic E-state index is 0.175. The Labute approximate surface area is 118 Å². The van der Waals surface area contributed by atoms with E-state index >= 15 is 0 Å². The van der Waals surface area contributed by atoms with Crippen molar-refractivity contribution in [2.75, 3.05) is 27.2 Å². The maximum absolute atomic E-state index is 3.37. The quantitative estimate of drug-likeness (QED) is 0.811. The number of likely N-dealkylation sites (N-methyl/N-ethyl adjacent to an activating group) is 2. The van der Waals surface area contributed by atoms with E-state index < -0.39 is 0 Å². The van der Waals surface area contributed by atoms with E-state index in [9.17, 15) is 0 Å². The molecule has 0 amide bonds. The largest absolute Gasteiger partial charge is 0.319 e. The number of benzene rings is 1. The van der Waals surface area contributed by atoms with Crippen molar-refractivity contribution < 1.29 is 0 Å². The molecule has 0 saturated heterocycles. The molecule has 1 aliphatic rings. The fourth-order valence-electron chi connectivity index (χ4n) is 3.11. The summed E-state index contributed by atoms with van der Waals surface area (Å²) in [5, 5.41) is 3.37. The van der Waals surface area contributed by atoms with Gasteiger partial charge in [0.05, 0.1) is 0 Å². The number of nitrogens with zero attached hydrogens (tertiary/aromatic N) is 1. The molecule has 2 rings (SSSR count). The average molecular weight is 260 g/mol. The van der Waals surface area contributed by atoms with Crippen LogP contribution in [-0.2, 0) is 5.41 Å². The van der Waals surface area contributed by atoms with Crippen LogP contribution in [-0.4, -0.2) is 38.1 Å². The van der Waals surface area contributed by atoms with Crippen molar-refractivity contribution in [3.8, 4) is 0 Å². The summed E-state index contributed by atoms with van der Waals surface area (Å²) in [7, 11) is 4.32. The van der Waals surface area contributed by atoms with Gasteiger partial charge in [-0.3, -0.25) is 0 Å². The second-order valence-corrected chi connectivity index (χ2v) is 6.45. The van der Waals surface area contributed by atoms with Crippen LogP contribution in [0.15, 0.2) is 30.3 Å². The molecule has 0 heterocycles. The Morgan fingerprint density at radius 3 is 2.47 bits per heavy atom. The fraction of sp³-hybridized carbons (Fsp3) is 0.647. The van der Waals surface area contributed by atoms with Gasteiger partial charge in [0.15, 0.2) is 0 Å². The van der Waals surface area contributed by atoms with E-state index in [4.69, 9.17) is 0 Å². The zero-order valence-electron chi connectivity index (χ0n) is 12.8. The van der Waals surface area contributed by atoms with Crippen LogP contribution in [0.3, 0.4) is 0 Å². The molecular weight excluding hydrogens is 232 g/mol. The summed E-state index contributed by atoms with van der Waals surface area (Å²) >= 11 is 0. The predicted molar refractivity (Wildman–Crippen MR) is 82.5 cm³/mol. The molecule has 0 spiro atoms. The van der Waals surface area contributed by atoms with Crippen LogP contribution in [0.2, 0.25) is 0 Å². The van der Waals surface area contributed by atoms with Gasteiger partial charge in [-0.1, -0.05) is 37.3 Å². The van der Waals surface area contributed by atoms with E-state index in [1.54, 1.807) is 0 Å². The molecule has 2 unspecified atom stereocenters. The van der Waals surface area contributed by atoms with Crippen molar-refractivity contribution in [2.45, 2.75) is 38.1 Å². The highest BCUT2D eigenvalue weighted by Gasteiger charge is 2.34. The van der Waals surface area contributed by atoms with Gasteiger partial charge in [-0.05, 0) is 45.3 Å². The van der Waals surface area contributed by atoms with E-state index in [1.807, 2.05) is 7.05 Å². The summed E-state index contributed by atoms with van der Waals surface area (Å²) < 4.78 is 0. The Morgan fingerprint density at radius 1 is 1.32 bits per heavy atom. The van der Waals surface area contributed by atoms with Crippen LogP contribution < -0.4 is 5.32 Å². The number of hydrogen-bond donors (Lipinski definition) is 1. The van der Waals surface area contributed by atoms with Crippen molar-refractivity contribution >= 4 is 0 Å². The van der Waals surface area contributed by atoms with Crippen molar-refractivity contribution in [1.29, 1.82) is 0 Å². The third kappa shape index (κ3) is 3.58. The van der Waals surface area contributed by atoms with Gasteiger partial charge in [-0.2, -0.15) is 0 Å². The molecule has 1 aromatic rings. The molecule has 1 N–H and O–H groups in total. The van der Waals surface area contributed by atoms with Crippen LogP contribution in [0.4, 0.5) is 0 Å². The van der Waals surface area contributed by atoms with Gasteiger partial charge in [-0.15, -0.1) is 0 Å². The first kappa shape index (κ1) is 14.5. The van der Waals surface area contributed by atoms with Gasteiger partial charge in [0, 0.05) is 24.5 Å². The van der Waals surface area contributed by atoms with E-state index in [-0.39, 0.29) is 5.41 Å². The predicted octanol–water partition coefficient (Wildman–Crippen LogP) is 2.89. The molecule has 19 heavy (non-hydrogen) atoms. The molecule has 1 saturated carbocycles. The summed E-state index contributed by atoms with van der Waals surface area (Å²) in [6, 6.07) is 11.6. The van der Waals surface area contributed by atoms with Crippen LogP contribution in [0, 0.1) is 5.92 Å². The molecule has 0 aliphatic heterocycles. The average Bonchev–Trinajstić information content (AvgIpc) is 3.23. The smallest absolute Gasteiger partial charge is 0.0176 e. The first-order valence-electron chi connectivity index (χ1n) is 7.47. The lowest BCUT2D eigenvalue weighted by Gasteiger charge is -2.37. The monoisotopic (exact) mass is 260 g/mol. The topological polar surface area (TPSA) is 15.3 Å². The highest BCUT2D eigenvalue weighted by molar-refractivity contribution is 5.25. The van der Waals surface area contributed by atoms with E-state index in [0.29, 0.717) is 6.04 Å². The Kier molecular flexibility index (Phi) is 4.64. The molecule has 2 heteroatoms. The molecule has 0 aromatic heterocycles. The van der Waals surface area contributed by atoms with Gasteiger partial charge >= 0.3 is 0 Å². The Hall–Kier alpha value is -0.860. The van der Waals surface area contributed by atoms with E-state index in [2.05, 4.69) is 61.4 Å². The SMILES string of the molecule is CNCC(C)(CN(C)C(C)C1CC1)c1ccccc1. The Morgan fingerprint density at radius 2 is 1.95 bits per heavy atom. The van der Waals surface area contributed by atoms with Crippen molar-refractivity contribution in [1.82, 2.24) is 10.2 Å². The normalized spacial score (nSPS) is 20.3. The lowest BCUT2D eigenvalue weighted by Crippen LogP contribution is -2.46. The van der Waals surface area contributed by atoms with Crippen LogP contribution in [0.25, 0.3) is 0 Å². The third-order valence-electron chi connectivity index (χ3n) is 4.64. The van der Waals surface area contributed by atoms with Crippen molar-refractivity contribution in [2.24, 2.45) is 5.92 Å². The third-order valence-corrected chi connectivity index (χ3v) is 4.64. The van der Waals surface area contributed by atoms with Crippen LogP contribution >= 0.6 is 0 Å². The second-order valence-electron chi connectivity index (χ2n) is 6.45. The molecule has 2 atom stereocenters. The number of nitrogens with one attached hydrogen (secondary N) is 1. The van der Waals surface area contributed by atoms with Gasteiger partial charge in [0.2, 0.25) is 0 Å². The summed E-state index contributed by atoms with van der Waals surface area (Å²) in [5.41, 5.74) is 1.60. The lowest BCUT2D eigenvalue weighted by atomic mass is 9.81. The van der Waals surface area contributed by atoms with Crippen molar-refractivity contribution in [3.63, 3.8) is 0 Å². The molecule has 1 aliphatic carbocycles. The van der Waals surface area contributed by atoms with Gasteiger partial charge in [-0.25, -0.2) is 0 Å². The first-order valence-corrected chi connectivity index (χ1v) is 7.47. The van der Waals surface area contributed by atoms with Crippen LogP contribution in [0.5, 0.6) is 0 Å². The van der Waals surface area contributed by atoms with Gasteiger partial charge in [0.25, 0.3) is 0 Å². The second kappa shape index (κ2) is 6.06. The fourth-order valence-corrected chi connectivity index (χ4v) is 3.11. The highest BCUT2D eigenvalue weighted by Crippen LogP contribution is 2.36. The maximum atomic E-state index is 3.37. The van der Waals surface area contributed by atoms with Gasteiger partial charge < -0.3 is 10.2 Å². The zero-order valence-corrected chi connectivity index (χ0v) is 12.8. The molecule has 1 aromatic carbocycles. The number of hydrogen-bond acceptors (Lipinski definition) is 2. The van der Waals surface area contributed by atoms with Crippen molar-refractivity contribution in [3.05, 3.63) is 35.9 Å². The first-order chi connectivity index (χ1) is 9.07.